The minimum atomic E-state index is -0.00603. The van der Waals surface area contributed by atoms with Crippen molar-refractivity contribution in [3.8, 4) is 0 Å². The minimum Gasteiger partial charge on any atom is -0.341 e. The Bertz CT molecular complexity index is 748. The highest BCUT2D eigenvalue weighted by Crippen LogP contribution is 2.34. The van der Waals surface area contributed by atoms with Crippen molar-refractivity contribution in [2.24, 2.45) is 0 Å². The van der Waals surface area contributed by atoms with Crippen LogP contribution in [-0.4, -0.2) is 42.1 Å². The Morgan fingerprint density at radius 2 is 1.84 bits per heavy atom. The summed E-state index contributed by atoms with van der Waals surface area (Å²) in [5.41, 5.74) is 2.06. The Morgan fingerprint density at radius 3 is 2.60 bits per heavy atom. The van der Waals surface area contributed by atoms with Crippen molar-refractivity contribution >= 4 is 29.3 Å². The molecule has 0 bridgehead atoms. The zero-order chi connectivity index (χ0) is 17.6. The molecule has 1 aliphatic rings. The number of anilines is 1. The SMILES string of the molecule is CCN(CCc1ccccc1)C(=O)CN1C(=O)CSc2ccccc21. The molecule has 0 fully saturated rings. The summed E-state index contributed by atoms with van der Waals surface area (Å²) >= 11 is 1.53. The van der Waals surface area contributed by atoms with Gasteiger partial charge in [-0.25, -0.2) is 0 Å². The lowest BCUT2D eigenvalue weighted by molar-refractivity contribution is -0.131. The molecule has 0 atom stereocenters. The van der Waals surface area contributed by atoms with Gasteiger partial charge in [-0.1, -0.05) is 42.5 Å². The molecule has 1 heterocycles. The second kappa shape index (κ2) is 8.21. The largest absolute Gasteiger partial charge is 0.341 e. The second-order valence-electron chi connectivity index (χ2n) is 5.95. The number of nitrogens with zero attached hydrogens (tertiary/aromatic N) is 2. The van der Waals surface area contributed by atoms with Gasteiger partial charge in [-0.15, -0.1) is 11.8 Å². The van der Waals surface area contributed by atoms with Crippen LogP contribution >= 0.6 is 11.8 Å². The smallest absolute Gasteiger partial charge is 0.242 e. The van der Waals surface area contributed by atoms with Crippen molar-refractivity contribution in [3.63, 3.8) is 0 Å². The number of hydrogen-bond acceptors (Lipinski definition) is 3. The van der Waals surface area contributed by atoms with E-state index in [1.807, 2.05) is 54.3 Å². The van der Waals surface area contributed by atoms with Crippen LogP contribution in [-0.2, 0) is 16.0 Å². The highest BCUT2D eigenvalue weighted by molar-refractivity contribution is 8.00. The summed E-state index contributed by atoms with van der Waals surface area (Å²) in [6.07, 6.45) is 0.820. The van der Waals surface area contributed by atoms with E-state index in [0.29, 0.717) is 18.8 Å². The van der Waals surface area contributed by atoms with Crippen LogP contribution in [0.25, 0.3) is 0 Å². The lowest BCUT2D eigenvalue weighted by Gasteiger charge is -2.30. The zero-order valence-corrected chi connectivity index (χ0v) is 15.2. The number of para-hydroxylation sites is 1. The summed E-state index contributed by atoms with van der Waals surface area (Å²) in [5.74, 6) is 0.380. The lowest BCUT2D eigenvalue weighted by Crippen LogP contribution is -2.45. The molecular formula is C20H22N2O2S. The van der Waals surface area contributed by atoms with E-state index in [9.17, 15) is 9.59 Å². The van der Waals surface area contributed by atoms with E-state index in [2.05, 4.69) is 12.1 Å². The van der Waals surface area contributed by atoms with Crippen LogP contribution in [0.3, 0.4) is 0 Å². The first kappa shape index (κ1) is 17.5. The van der Waals surface area contributed by atoms with Crippen LogP contribution in [0.2, 0.25) is 0 Å². The first-order chi connectivity index (χ1) is 12.2. The van der Waals surface area contributed by atoms with Gasteiger partial charge in [0.15, 0.2) is 0 Å². The van der Waals surface area contributed by atoms with Gasteiger partial charge in [0.25, 0.3) is 0 Å². The number of carbonyl (C=O) groups is 2. The fourth-order valence-corrected chi connectivity index (χ4v) is 3.87. The molecule has 0 N–H and O–H groups in total. The predicted octanol–water partition coefficient (Wildman–Crippen LogP) is 3.22. The molecule has 3 rings (SSSR count). The number of rotatable bonds is 6. The molecule has 0 unspecified atom stereocenters. The van der Waals surface area contributed by atoms with Crippen molar-refractivity contribution in [2.75, 3.05) is 30.3 Å². The predicted molar refractivity (Wildman–Crippen MR) is 102 cm³/mol. The number of amides is 2. The number of likely N-dealkylation sites (N-methyl/N-ethyl adjacent to an activating group) is 1. The molecule has 5 heteroatoms. The molecule has 130 valence electrons. The third kappa shape index (κ3) is 4.23. The fraction of sp³-hybridized carbons (Fsp3) is 0.300. The van der Waals surface area contributed by atoms with Gasteiger partial charge in [0.1, 0.15) is 6.54 Å². The first-order valence-electron chi connectivity index (χ1n) is 8.53. The van der Waals surface area contributed by atoms with Gasteiger partial charge in [0.05, 0.1) is 11.4 Å². The summed E-state index contributed by atoms with van der Waals surface area (Å²) in [4.78, 5) is 29.6. The molecule has 0 saturated carbocycles. The van der Waals surface area contributed by atoms with Crippen LogP contribution in [0.1, 0.15) is 12.5 Å². The Labute approximate surface area is 152 Å². The van der Waals surface area contributed by atoms with Crippen molar-refractivity contribution < 1.29 is 9.59 Å². The maximum atomic E-state index is 12.7. The quantitative estimate of drug-likeness (QED) is 0.800. The number of fused-ring (bicyclic) bond motifs is 1. The molecule has 25 heavy (non-hydrogen) atoms. The molecule has 0 aliphatic carbocycles. The standard InChI is InChI=1S/C20H22N2O2S/c1-2-21(13-12-16-8-4-3-5-9-16)19(23)14-22-17-10-6-7-11-18(17)25-15-20(22)24/h3-11H,2,12-15H2,1H3. The van der Waals surface area contributed by atoms with Gasteiger partial charge in [-0.2, -0.15) is 0 Å². The van der Waals surface area contributed by atoms with E-state index >= 15 is 0 Å². The maximum absolute atomic E-state index is 12.7. The summed E-state index contributed by atoms with van der Waals surface area (Å²) in [6.45, 7) is 3.39. The number of benzene rings is 2. The zero-order valence-electron chi connectivity index (χ0n) is 14.4. The van der Waals surface area contributed by atoms with Crippen molar-refractivity contribution in [3.05, 3.63) is 60.2 Å². The van der Waals surface area contributed by atoms with Crippen LogP contribution < -0.4 is 4.90 Å². The normalized spacial score (nSPS) is 13.5. The highest BCUT2D eigenvalue weighted by Gasteiger charge is 2.27. The third-order valence-electron chi connectivity index (χ3n) is 4.35. The summed E-state index contributed by atoms with van der Waals surface area (Å²) in [5, 5.41) is 0. The van der Waals surface area contributed by atoms with Crippen LogP contribution in [0.4, 0.5) is 5.69 Å². The maximum Gasteiger partial charge on any atom is 0.242 e. The fourth-order valence-electron chi connectivity index (χ4n) is 2.93. The van der Waals surface area contributed by atoms with Gasteiger partial charge in [0, 0.05) is 18.0 Å². The Kier molecular flexibility index (Phi) is 5.76. The number of hydrogen-bond donors (Lipinski definition) is 0. The molecule has 0 aromatic heterocycles. The van der Waals surface area contributed by atoms with E-state index in [1.165, 1.54) is 17.3 Å². The molecular weight excluding hydrogens is 332 g/mol. The van der Waals surface area contributed by atoms with E-state index in [1.54, 1.807) is 4.90 Å². The number of thioether (sulfide) groups is 1. The minimum absolute atomic E-state index is 0.00355. The summed E-state index contributed by atoms with van der Waals surface area (Å²) in [6, 6.07) is 17.9. The average Bonchev–Trinajstić information content (AvgIpc) is 2.65. The third-order valence-corrected chi connectivity index (χ3v) is 5.40. The van der Waals surface area contributed by atoms with Gasteiger partial charge >= 0.3 is 0 Å². The van der Waals surface area contributed by atoms with E-state index in [4.69, 9.17) is 0 Å². The van der Waals surface area contributed by atoms with Crippen LogP contribution in [0.5, 0.6) is 0 Å². The molecule has 1 aliphatic heterocycles. The Hall–Kier alpha value is -2.27. The van der Waals surface area contributed by atoms with Crippen LogP contribution in [0.15, 0.2) is 59.5 Å². The van der Waals surface area contributed by atoms with Gasteiger partial charge < -0.3 is 9.80 Å². The monoisotopic (exact) mass is 354 g/mol. The second-order valence-corrected chi connectivity index (χ2v) is 6.96. The van der Waals surface area contributed by atoms with Gasteiger partial charge in [0.2, 0.25) is 11.8 Å². The van der Waals surface area contributed by atoms with E-state index in [-0.39, 0.29) is 18.4 Å². The average molecular weight is 354 g/mol. The van der Waals surface area contributed by atoms with E-state index in [0.717, 1.165) is 17.0 Å². The molecule has 4 nitrogen and oxygen atoms in total. The topological polar surface area (TPSA) is 40.6 Å². The van der Waals surface area contributed by atoms with Crippen molar-refractivity contribution in [1.29, 1.82) is 0 Å². The summed E-state index contributed by atoms with van der Waals surface area (Å²) in [7, 11) is 0. The molecule has 0 spiro atoms. The lowest BCUT2D eigenvalue weighted by atomic mass is 10.1. The van der Waals surface area contributed by atoms with Gasteiger partial charge in [-0.05, 0) is 31.0 Å². The molecule has 2 aromatic carbocycles. The molecule has 0 radical (unpaired) electrons. The Balaban J connectivity index is 1.66. The van der Waals surface area contributed by atoms with Crippen molar-refractivity contribution in [2.45, 2.75) is 18.2 Å². The first-order valence-corrected chi connectivity index (χ1v) is 9.51. The number of carbonyl (C=O) groups excluding carboxylic acids is 2. The Morgan fingerprint density at radius 1 is 1.12 bits per heavy atom. The van der Waals surface area contributed by atoms with E-state index < -0.39 is 0 Å². The van der Waals surface area contributed by atoms with Crippen LogP contribution in [0, 0.1) is 0 Å². The molecule has 0 saturated heterocycles. The van der Waals surface area contributed by atoms with Gasteiger partial charge in [-0.3, -0.25) is 9.59 Å². The summed E-state index contributed by atoms with van der Waals surface area (Å²) < 4.78 is 0. The highest BCUT2D eigenvalue weighted by atomic mass is 32.2. The van der Waals surface area contributed by atoms with Crippen molar-refractivity contribution in [1.82, 2.24) is 4.90 Å². The molecule has 2 aromatic rings. The molecule has 2 amide bonds.